The molecule has 2 aliphatic rings. The third-order valence-electron chi connectivity index (χ3n) is 6.08. The minimum Gasteiger partial charge on any atom is -0.403 e. The molecule has 1 saturated heterocycles. The van der Waals surface area contributed by atoms with Gasteiger partial charge in [-0.25, -0.2) is 22.7 Å². The minimum atomic E-state index is -5.19. The number of phosphoric acid groups is 1. The lowest BCUT2D eigenvalue weighted by Gasteiger charge is -2.34. The molecule has 0 bridgehead atoms. The summed E-state index contributed by atoms with van der Waals surface area (Å²) in [5.74, 6) is -3.73. The molecule has 5 atom stereocenters. The maximum atomic E-state index is 15.9. The van der Waals surface area contributed by atoms with E-state index in [9.17, 15) is 19.3 Å². The highest BCUT2D eigenvalue weighted by Gasteiger charge is 2.51. The lowest BCUT2D eigenvalue weighted by Crippen LogP contribution is -2.36. The highest BCUT2D eigenvalue weighted by atomic mass is 35.5. The molecule has 2 N–H and O–H groups in total. The Kier molecular flexibility index (Phi) is 6.56. The number of aromatic nitrogens is 2. The Morgan fingerprint density at radius 1 is 1.29 bits per heavy atom. The van der Waals surface area contributed by atoms with Gasteiger partial charge in [-0.3, -0.25) is 18.9 Å². The van der Waals surface area contributed by atoms with E-state index in [0.29, 0.717) is 10.1 Å². The number of fused-ring (bicyclic) bond motifs is 1. The molecule has 3 heterocycles. The molecule has 1 aromatic heterocycles. The Labute approximate surface area is 225 Å². The van der Waals surface area contributed by atoms with Crippen LogP contribution in [0, 0.1) is 0 Å². The van der Waals surface area contributed by atoms with Crippen molar-refractivity contribution in [2.75, 3.05) is 6.56 Å². The van der Waals surface area contributed by atoms with Gasteiger partial charge in [0.05, 0.1) is 8.30 Å². The van der Waals surface area contributed by atoms with Crippen molar-refractivity contribution in [3.63, 3.8) is 0 Å². The molecule has 0 spiro atoms. The van der Waals surface area contributed by atoms with Gasteiger partial charge in [-0.2, -0.15) is 0 Å². The van der Waals surface area contributed by atoms with Crippen LogP contribution in [0.5, 0.6) is 5.75 Å². The first kappa shape index (κ1) is 26.2. The largest absolute Gasteiger partial charge is 0.533 e. The molecule has 1 aromatic carbocycles. The Morgan fingerprint density at radius 3 is 2.55 bits per heavy atom. The second-order valence-corrected chi connectivity index (χ2v) is 13.1. The van der Waals surface area contributed by atoms with Crippen molar-refractivity contribution in [1.29, 1.82) is 0 Å². The van der Waals surface area contributed by atoms with Crippen LogP contribution in [0.2, 0.25) is 5.02 Å². The third-order valence-corrected chi connectivity index (χ3v) is 7.51. The Morgan fingerprint density at radius 2 is 1.95 bits per heavy atom. The number of rotatable bonds is 4. The van der Waals surface area contributed by atoms with Crippen LogP contribution in [0.4, 0.5) is 8.78 Å². The Hall–Kier alpha value is -2.08. The van der Waals surface area contributed by atoms with Gasteiger partial charge in [0.2, 0.25) is 12.2 Å². The zero-order valence-electron chi connectivity index (χ0n) is 23.5. The van der Waals surface area contributed by atoms with Gasteiger partial charge in [-0.1, -0.05) is 59.2 Å². The van der Waals surface area contributed by atoms with Gasteiger partial charge >= 0.3 is 13.5 Å². The number of halogens is 3. The molecule has 2 aliphatic heterocycles. The quantitative estimate of drug-likeness (QED) is 0.487. The smallest absolute Gasteiger partial charge is 0.403 e. The summed E-state index contributed by atoms with van der Waals surface area (Å²) >= 11 is 5.72. The average molecular weight is 581 g/mol. The number of phosphoric ester groups is 1. The summed E-state index contributed by atoms with van der Waals surface area (Å²) in [5.41, 5.74) is -2.07. The van der Waals surface area contributed by atoms with Gasteiger partial charge in [-0.15, -0.1) is 0 Å². The summed E-state index contributed by atoms with van der Waals surface area (Å²) in [4.78, 5) is 25.6. The van der Waals surface area contributed by atoms with E-state index in [2.05, 4.69) is 0 Å². The number of ether oxygens (including phenoxy) is 1. The number of aromatic amines is 1. The summed E-state index contributed by atoms with van der Waals surface area (Å²) in [6.45, 7) is 7.50. The molecular weight excluding hydrogens is 549 g/mol. The first-order chi connectivity index (χ1) is 18.1. The molecule has 38 heavy (non-hydrogen) atoms. The second-order valence-electron chi connectivity index (χ2n) is 11.2. The molecule has 0 saturated carbocycles. The van der Waals surface area contributed by atoms with E-state index in [1.807, 2.05) is 46.5 Å². The number of H-pyrrole nitrogens is 1. The van der Waals surface area contributed by atoms with Gasteiger partial charge in [0.1, 0.15) is 23.4 Å². The van der Waals surface area contributed by atoms with E-state index >= 15 is 8.78 Å². The number of aliphatic hydroxyl groups is 1. The van der Waals surface area contributed by atoms with Crippen LogP contribution in [0.1, 0.15) is 80.0 Å². The topological polar surface area (TPSA) is 129 Å². The first-order valence-corrected chi connectivity index (χ1v) is 13.5. The van der Waals surface area contributed by atoms with E-state index in [1.54, 1.807) is 6.07 Å². The third kappa shape index (κ3) is 5.61. The van der Waals surface area contributed by atoms with Gasteiger partial charge in [0.25, 0.3) is 5.56 Å². The van der Waals surface area contributed by atoms with Crippen molar-refractivity contribution in [1.82, 2.24) is 9.55 Å². The lowest BCUT2D eigenvalue weighted by atomic mass is 9.79. The molecule has 0 amide bonds. The molecule has 14 heteroatoms. The number of benzene rings is 1. The van der Waals surface area contributed by atoms with Gasteiger partial charge in [0, 0.05) is 18.2 Å². The van der Waals surface area contributed by atoms with Crippen LogP contribution in [0.15, 0.2) is 27.9 Å². The van der Waals surface area contributed by atoms with Crippen molar-refractivity contribution >= 4 is 19.4 Å². The van der Waals surface area contributed by atoms with Crippen LogP contribution < -0.4 is 15.8 Å². The van der Waals surface area contributed by atoms with E-state index in [0.717, 1.165) is 11.8 Å². The zero-order chi connectivity index (χ0) is 30.2. The van der Waals surface area contributed by atoms with E-state index in [-0.39, 0.29) is 11.3 Å². The number of nitrogens with zero attached hydrogens (tertiary/aromatic N) is 1. The predicted molar refractivity (Wildman–Crippen MR) is 134 cm³/mol. The monoisotopic (exact) mass is 580 g/mol. The zero-order valence-corrected chi connectivity index (χ0v) is 23.2. The number of aliphatic hydroxyl groups excluding tert-OH is 1. The number of hydrogen-bond donors (Lipinski definition) is 2. The minimum absolute atomic E-state index is 0.0927. The summed E-state index contributed by atoms with van der Waals surface area (Å²) in [7, 11) is -5.19. The van der Waals surface area contributed by atoms with Gasteiger partial charge in [0.15, 0.2) is 6.23 Å². The van der Waals surface area contributed by atoms with Crippen molar-refractivity contribution in [3.8, 4) is 5.75 Å². The van der Waals surface area contributed by atoms with Crippen molar-refractivity contribution in [2.24, 2.45) is 0 Å². The number of nitrogens with one attached hydrogen (secondary N) is 1. The molecule has 0 aliphatic carbocycles. The van der Waals surface area contributed by atoms with Crippen molar-refractivity contribution in [3.05, 3.63) is 60.9 Å². The fraction of sp³-hybridized carbons (Fsp3) is 0.583. The predicted octanol–water partition coefficient (Wildman–Crippen LogP) is 4.93. The first-order valence-electron chi connectivity index (χ1n) is 12.6. The highest BCUT2D eigenvalue weighted by molar-refractivity contribution is 7.49. The molecule has 2 unspecified atom stereocenters. The molecule has 210 valence electrons. The summed E-state index contributed by atoms with van der Waals surface area (Å²) in [6, 6.07) is 3.23. The van der Waals surface area contributed by atoms with E-state index in [4.69, 9.17) is 32.7 Å². The highest BCUT2D eigenvalue weighted by Crippen LogP contribution is 2.61. The maximum absolute atomic E-state index is 15.9. The van der Waals surface area contributed by atoms with Crippen LogP contribution >= 0.6 is 19.4 Å². The van der Waals surface area contributed by atoms with Crippen LogP contribution in [-0.4, -0.2) is 33.2 Å². The fourth-order valence-corrected chi connectivity index (χ4v) is 5.32. The fourth-order valence-electron chi connectivity index (χ4n) is 4.03. The van der Waals surface area contributed by atoms with Crippen LogP contribution in [0.3, 0.4) is 0 Å². The van der Waals surface area contributed by atoms with E-state index in [1.165, 1.54) is 6.07 Å². The standard InChI is InChI=1S/C24H30ClF2N2O8P/c1-22(2,3)12-7-13-17(14(8-12)23(4,5)6)36-38(33,37-18(13)26)34-11-24(27)9-16(30)20(35-24)29-10-15(25)19(31)28-21(29)32/h7-8,10,16,18,20,30H,9,11H2,1-6H3,(H,28,31,32)/t16-,18?,20-,24+,38?/m1/s1/i11D2. The average Bonchev–Trinajstić information content (AvgIpc) is 3.09. The summed E-state index contributed by atoms with van der Waals surface area (Å²) < 4.78 is 82.1. The molecule has 2 aromatic rings. The molecule has 1 fully saturated rings. The van der Waals surface area contributed by atoms with Crippen molar-refractivity contribution in [2.45, 2.75) is 83.3 Å². The van der Waals surface area contributed by atoms with Gasteiger partial charge in [-0.05, 0) is 22.5 Å². The van der Waals surface area contributed by atoms with Crippen molar-refractivity contribution < 1.29 is 39.5 Å². The summed E-state index contributed by atoms with van der Waals surface area (Å²) in [6.07, 6.45) is -6.44. The normalized spacial score (nSPS) is 30.8. The van der Waals surface area contributed by atoms with E-state index < -0.39 is 72.4 Å². The molecule has 0 radical (unpaired) electrons. The van der Waals surface area contributed by atoms with Crippen LogP contribution in [-0.2, 0) is 29.2 Å². The SMILES string of the molecule is [2H]C([2H])(OP1(=O)Oc2c(cc(C(C)(C)C)cc2C(C)(C)C)C(F)O1)[C@]1(F)C[C@@H](O)[C@H](n2cc(Cl)c(=O)[nH]c2=O)O1. The number of hydrogen-bond acceptors (Lipinski definition) is 8. The molecular formula is C24H30ClF2N2O8P. The van der Waals surface area contributed by atoms with Crippen LogP contribution in [0.25, 0.3) is 0 Å². The second kappa shape index (κ2) is 9.53. The molecule has 10 nitrogen and oxygen atoms in total. The van der Waals surface area contributed by atoms with Gasteiger partial charge < -0.3 is 14.4 Å². The maximum Gasteiger partial charge on any atom is 0.533 e. The Balaban J connectivity index is 1.68. The Bertz CT molecular complexity index is 1510. The lowest BCUT2D eigenvalue weighted by molar-refractivity contribution is -0.180. The number of alkyl halides is 2. The summed E-state index contributed by atoms with van der Waals surface area (Å²) in [5, 5.41) is 9.92. The molecule has 4 rings (SSSR count).